The van der Waals surface area contributed by atoms with E-state index in [1.165, 1.54) is 11.8 Å². The number of aromatic nitrogens is 3. The second-order valence-corrected chi connectivity index (χ2v) is 6.02. The van der Waals surface area contributed by atoms with Crippen molar-refractivity contribution in [2.24, 2.45) is 0 Å². The van der Waals surface area contributed by atoms with Gasteiger partial charge in [-0.3, -0.25) is 10.1 Å². The van der Waals surface area contributed by atoms with Crippen LogP contribution in [0.25, 0.3) is 5.69 Å². The molecule has 9 heteroatoms. The maximum atomic E-state index is 12.7. The standard InChI is InChI=1S/C20H19N5O4/c1-13-16(24-25(23-13)15-11-7-4-8-12-15)19(27)29-17(14-9-5-3-6-10-14)18(26)22-20(28)21-2/h3-12,17H,1-2H3,(H2,21,22,26,28)/t17-/m1/s1. The van der Waals surface area contributed by atoms with E-state index in [9.17, 15) is 14.4 Å². The van der Waals surface area contributed by atoms with Crippen LogP contribution in [0, 0.1) is 6.92 Å². The minimum Gasteiger partial charge on any atom is -0.442 e. The summed E-state index contributed by atoms with van der Waals surface area (Å²) in [4.78, 5) is 38.1. The fourth-order valence-corrected chi connectivity index (χ4v) is 2.55. The number of imide groups is 1. The number of para-hydroxylation sites is 1. The van der Waals surface area contributed by atoms with Gasteiger partial charge in [-0.05, 0) is 19.1 Å². The Morgan fingerprint density at radius 1 is 0.966 bits per heavy atom. The zero-order valence-electron chi connectivity index (χ0n) is 15.8. The number of carbonyl (C=O) groups is 3. The number of amides is 3. The molecule has 0 bridgehead atoms. The topological polar surface area (TPSA) is 115 Å². The van der Waals surface area contributed by atoms with Crippen molar-refractivity contribution in [3.63, 3.8) is 0 Å². The highest BCUT2D eigenvalue weighted by molar-refractivity contribution is 5.98. The van der Waals surface area contributed by atoms with Crippen LogP contribution in [0.5, 0.6) is 0 Å². The van der Waals surface area contributed by atoms with Gasteiger partial charge in [-0.2, -0.15) is 9.90 Å². The first-order chi connectivity index (χ1) is 14.0. The molecule has 148 valence electrons. The Balaban J connectivity index is 1.86. The van der Waals surface area contributed by atoms with Crippen LogP contribution in [0.2, 0.25) is 0 Å². The molecule has 2 N–H and O–H groups in total. The maximum absolute atomic E-state index is 12.7. The van der Waals surface area contributed by atoms with E-state index in [1.54, 1.807) is 49.4 Å². The van der Waals surface area contributed by atoms with E-state index < -0.39 is 24.0 Å². The van der Waals surface area contributed by atoms with Gasteiger partial charge >= 0.3 is 12.0 Å². The highest BCUT2D eigenvalue weighted by Gasteiger charge is 2.29. The van der Waals surface area contributed by atoms with E-state index in [-0.39, 0.29) is 5.69 Å². The van der Waals surface area contributed by atoms with Crippen molar-refractivity contribution >= 4 is 17.9 Å². The quantitative estimate of drug-likeness (QED) is 0.640. The van der Waals surface area contributed by atoms with Gasteiger partial charge < -0.3 is 10.1 Å². The molecule has 0 fully saturated rings. The van der Waals surface area contributed by atoms with Gasteiger partial charge in [-0.1, -0.05) is 48.5 Å². The highest BCUT2D eigenvalue weighted by atomic mass is 16.5. The van der Waals surface area contributed by atoms with Crippen molar-refractivity contribution in [1.29, 1.82) is 0 Å². The number of hydrogen-bond acceptors (Lipinski definition) is 6. The number of aryl methyl sites for hydroxylation is 1. The van der Waals surface area contributed by atoms with Crippen LogP contribution in [0.4, 0.5) is 4.79 Å². The van der Waals surface area contributed by atoms with E-state index in [2.05, 4.69) is 20.8 Å². The first kappa shape index (κ1) is 19.7. The summed E-state index contributed by atoms with van der Waals surface area (Å²) in [6.07, 6.45) is -1.33. The fraction of sp³-hybridized carbons (Fsp3) is 0.150. The van der Waals surface area contributed by atoms with Gasteiger partial charge in [0.05, 0.1) is 11.4 Å². The molecular weight excluding hydrogens is 374 g/mol. The Labute approximate surface area is 166 Å². The van der Waals surface area contributed by atoms with Crippen molar-refractivity contribution in [3.05, 3.63) is 77.6 Å². The first-order valence-corrected chi connectivity index (χ1v) is 8.77. The van der Waals surface area contributed by atoms with Gasteiger partial charge in [0.1, 0.15) is 0 Å². The molecule has 0 aliphatic carbocycles. The van der Waals surface area contributed by atoms with Crippen LogP contribution in [0.15, 0.2) is 60.7 Å². The zero-order valence-corrected chi connectivity index (χ0v) is 15.8. The molecule has 29 heavy (non-hydrogen) atoms. The molecule has 1 heterocycles. The minimum absolute atomic E-state index is 0.0254. The van der Waals surface area contributed by atoms with Crippen LogP contribution < -0.4 is 10.6 Å². The van der Waals surface area contributed by atoms with Gasteiger partial charge in [0, 0.05) is 12.6 Å². The predicted octanol–water partition coefficient (Wildman–Crippen LogP) is 1.93. The second kappa shape index (κ2) is 8.79. The molecule has 0 saturated heterocycles. The molecule has 2 aromatic carbocycles. The fourth-order valence-electron chi connectivity index (χ4n) is 2.55. The molecule has 0 spiro atoms. The zero-order chi connectivity index (χ0) is 20.8. The van der Waals surface area contributed by atoms with Gasteiger partial charge in [-0.25, -0.2) is 9.59 Å². The number of rotatable bonds is 5. The third-order valence-electron chi connectivity index (χ3n) is 3.99. The third-order valence-corrected chi connectivity index (χ3v) is 3.99. The Hall–Kier alpha value is -4.01. The smallest absolute Gasteiger partial charge is 0.361 e. The summed E-state index contributed by atoms with van der Waals surface area (Å²) >= 11 is 0. The monoisotopic (exact) mass is 393 g/mol. The van der Waals surface area contributed by atoms with Gasteiger partial charge in [0.2, 0.25) is 6.10 Å². The van der Waals surface area contributed by atoms with Crippen LogP contribution in [0.3, 0.4) is 0 Å². The van der Waals surface area contributed by atoms with Crippen molar-refractivity contribution in [3.8, 4) is 5.69 Å². The van der Waals surface area contributed by atoms with Gasteiger partial charge in [0.25, 0.3) is 5.91 Å². The molecule has 0 saturated carbocycles. The lowest BCUT2D eigenvalue weighted by Crippen LogP contribution is -2.41. The first-order valence-electron chi connectivity index (χ1n) is 8.77. The molecule has 3 amide bonds. The Kier molecular flexibility index (Phi) is 5.98. The van der Waals surface area contributed by atoms with E-state index in [0.717, 1.165) is 0 Å². The van der Waals surface area contributed by atoms with E-state index in [4.69, 9.17) is 4.74 Å². The lowest BCUT2D eigenvalue weighted by Gasteiger charge is -2.17. The molecule has 9 nitrogen and oxygen atoms in total. The maximum Gasteiger partial charge on any atom is 0.361 e. The third kappa shape index (κ3) is 4.64. The number of urea groups is 1. The van der Waals surface area contributed by atoms with Crippen LogP contribution in [-0.2, 0) is 9.53 Å². The van der Waals surface area contributed by atoms with E-state index in [1.807, 2.05) is 18.2 Å². The van der Waals surface area contributed by atoms with Gasteiger partial charge in [-0.15, -0.1) is 5.10 Å². The Morgan fingerprint density at radius 2 is 1.59 bits per heavy atom. The van der Waals surface area contributed by atoms with E-state index >= 15 is 0 Å². The number of benzene rings is 2. The number of ether oxygens (including phenoxy) is 1. The summed E-state index contributed by atoms with van der Waals surface area (Å²) in [7, 11) is 1.37. The normalized spacial score (nSPS) is 11.4. The summed E-state index contributed by atoms with van der Waals surface area (Å²) < 4.78 is 5.41. The lowest BCUT2D eigenvalue weighted by atomic mass is 10.1. The molecule has 1 aromatic heterocycles. The predicted molar refractivity (Wildman–Crippen MR) is 103 cm³/mol. The lowest BCUT2D eigenvalue weighted by molar-refractivity contribution is -0.129. The average molecular weight is 393 g/mol. The number of esters is 1. The summed E-state index contributed by atoms with van der Waals surface area (Å²) in [5.74, 6) is -1.61. The van der Waals surface area contributed by atoms with E-state index in [0.29, 0.717) is 16.9 Å². The van der Waals surface area contributed by atoms with Gasteiger partial charge in [0.15, 0.2) is 5.69 Å². The molecule has 3 rings (SSSR count). The summed E-state index contributed by atoms with van der Waals surface area (Å²) in [5.41, 5.74) is 1.40. The highest BCUT2D eigenvalue weighted by Crippen LogP contribution is 2.20. The molecule has 0 radical (unpaired) electrons. The molecule has 1 atom stereocenters. The molecule has 3 aromatic rings. The number of nitrogens with zero attached hydrogens (tertiary/aromatic N) is 3. The number of carbonyl (C=O) groups excluding carboxylic acids is 3. The van der Waals surface area contributed by atoms with Crippen LogP contribution >= 0.6 is 0 Å². The Morgan fingerprint density at radius 3 is 2.21 bits per heavy atom. The Bertz CT molecular complexity index is 1020. The van der Waals surface area contributed by atoms with Crippen LogP contribution in [-0.4, -0.2) is 39.9 Å². The average Bonchev–Trinajstić information content (AvgIpc) is 3.14. The molecule has 0 unspecified atom stereocenters. The van der Waals surface area contributed by atoms with Crippen molar-refractivity contribution < 1.29 is 19.1 Å². The SMILES string of the molecule is CNC(=O)NC(=O)[C@H](OC(=O)c1nn(-c2ccccc2)nc1C)c1ccccc1. The molecular formula is C20H19N5O4. The molecule has 0 aliphatic heterocycles. The number of nitrogens with one attached hydrogen (secondary N) is 2. The second-order valence-electron chi connectivity index (χ2n) is 6.02. The van der Waals surface area contributed by atoms with Crippen molar-refractivity contribution in [2.45, 2.75) is 13.0 Å². The summed E-state index contributed by atoms with van der Waals surface area (Å²) in [6.45, 7) is 1.62. The summed E-state index contributed by atoms with van der Waals surface area (Å²) in [5, 5.41) is 12.8. The number of hydrogen-bond donors (Lipinski definition) is 2. The van der Waals surface area contributed by atoms with Crippen molar-refractivity contribution in [1.82, 2.24) is 25.6 Å². The minimum atomic E-state index is -1.33. The van der Waals surface area contributed by atoms with Crippen LogP contribution in [0.1, 0.15) is 27.8 Å². The summed E-state index contributed by atoms with van der Waals surface area (Å²) in [6, 6.07) is 16.7. The largest absolute Gasteiger partial charge is 0.442 e. The molecule has 0 aliphatic rings. The van der Waals surface area contributed by atoms with Crippen molar-refractivity contribution in [2.75, 3.05) is 7.05 Å².